The van der Waals surface area contributed by atoms with Crippen molar-refractivity contribution < 1.29 is 32.6 Å². The van der Waals surface area contributed by atoms with Gasteiger partial charge in [0, 0.05) is 36.9 Å². The summed E-state index contributed by atoms with van der Waals surface area (Å²) in [7, 11) is 4.40. The second-order valence-corrected chi connectivity index (χ2v) is 6.41. The zero-order valence-corrected chi connectivity index (χ0v) is 16.1. The minimum atomic E-state index is -1.07. The van der Waals surface area contributed by atoms with Gasteiger partial charge < -0.3 is 24.4 Å². The number of carbonyl (C=O) groups excluding carboxylic acids is 2. The maximum Gasteiger partial charge on any atom is 0.229 e. The van der Waals surface area contributed by atoms with Crippen LogP contribution in [0, 0.1) is 17.6 Å². The predicted molar refractivity (Wildman–Crippen MR) is 102 cm³/mol. The molecule has 0 spiro atoms. The number of rotatable bonds is 6. The van der Waals surface area contributed by atoms with Gasteiger partial charge in [-0.2, -0.15) is 0 Å². The van der Waals surface area contributed by atoms with E-state index in [1.807, 2.05) is 0 Å². The Labute approximate surface area is 166 Å². The Morgan fingerprint density at radius 2 is 1.69 bits per heavy atom. The summed E-state index contributed by atoms with van der Waals surface area (Å²) in [6.45, 7) is 0.118. The van der Waals surface area contributed by atoms with Crippen LogP contribution in [0.3, 0.4) is 0 Å². The van der Waals surface area contributed by atoms with Gasteiger partial charge in [-0.05, 0) is 12.1 Å². The molecular formula is C20H20F2N2O5. The smallest absolute Gasteiger partial charge is 0.229 e. The van der Waals surface area contributed by atoms with Crippen LogP contribution in [0.15, 0.2) is 30.3 Å². The van der Waals surface area contributed by atoms with Crippen LogP contribution in [0.25, 0.3) is 0 Å². The molecule has 2 amide bonds. The topological polar surface area (TPSA) is 77.1 Å². The first kappa shape index (κ1) is 20.4. The zero-order valence-electron chi connectivity index (χ0n) is 16.1. The molecule has 29 heavy (non-hydrogen) atoms. The molecule has 1 aliphatic heterocycles. The number of methoxy groups -OCH3 is 3. The minimum absolute atomic E-state index is 0.0217. The van der Waals surface area contributed by atoms with Gasteiger partial charge in [0.2, 0.25) is 17.6 Å². The average Bonchev–Trinajstić information content (AvgIpc) is 3.11. The molecular weight excluding hydrogens is 386 g/mol. The molecule has 3 rings (SSSR count). The molecule has 1 heterocycles. The molecule has 0 aliphatic carbocycles. The summed E-state index contributed by atoms with van der Waals surface area (Å²) in [5.74, 6) is -2.30. The SMILES string of the molecule is COc1cc(N2C[C@@H](C(=O)Nc3ccc(F)c(F)c3)CC2=O)cc(OC)c1OC. The second kappa shape index (κ2) is 8.34. The van der Waals surface area contributed by atoms with E-state index in [1.54, 1.807) is 12.1 Å². The first-order valence-electron chi connectivity index (χ1n) is 8.74. The van der Waals surface area contributed by atoms with Gasteiger partial charge in [0.15, 0.2) is 23.1 Å². The Morgan fingerprint density at radius 3 is 2.24 bits per heavy atom. The largest absolute Gasteiger partial charge is 0.493 e. The molecule has 1 N–H and O–H groups in total. The Kier molecular flexibility index (Phi) is 5.86. The molecule has 7 nitrogen and oxygen atoms in total. The van der Waals surface area contributed by atoms with Gasteiger partial charge in [-0.15, -0.1) is 0 Å². The lowest BCUT2D eigenvalue weighted by atomic mass is 10.1. The molecule has 1 saturated heterocycles. The molecule has 1 fully saturated rings. The van der Waals surface area contributed by atoms with E-state index in [0.717, 1.165) is 12.1 Å². The highest BCUT2D eigenvalue weighted by Crippen LogP contribution is 2.42. The van der Waals surface area contributed by atoms with Gasteiger partial charge in [0.05, 0.1) is 32.9 Å². The average molecular weight is 406 g/mol. The first-order chi connectivity index (χ1) is 13.9. The van der Waals surface area contributed by atoms with Crippen molar-refractivity contribution in [1.29, 1.82) is 0 Å². The highest BCUT2D eigenvalue weighted by Gasteiger charge is 2.36. The van der Waals surface area contributed by atoms with Crippen molar-refractivity contribution in [3.8, 4) is 17.2 Å². The molecule has 2 aromatic carbocycles. The van der Waals surface area contributed by atoms with E-state index in [-0.39, 0.29) is 24.6 Å². The van der Waals surface area contributed by atoms with E-state index in [4.69, 9.17) is 14.2 Å². The highest BCUT2D eigenvalue weighted by molar-refractivity contribution is 6.03. The lowest BCUT2D eigenvalue weighted by Crippen LogP contribution is -2.28. The van der Waals surface area contributed by atoms with E-state index in [1.165, 1.54) is 32.3 Å². The van der Waals surface area contributed by atoms with Crippen LogP contribution in [-0.4, -0.2) is 39.7 Å². The lowest BCUT2D eigenvalue weighted by molar-refractivity contribution is -0.122. The molecule has 9 heteroatoms. The minimum Gasteiger partial charge on any atom is -0.493 e. The second-order valence-electron chi connectivity index (χ2n) is 6.41. The maximum absolute atomic E-state index is 13.3. The summed E-state index contributed by atoms with van der Waals surface area (Å²) in [6.07, 6.45) is -0.0217. The van der Waals surface area contributed by atoms with E-state index in [0.29, 0.717) is 22.9 Å². The van der Waals surface area contributed by atoms with E-state index < -0.39 is 23.5 Å². The van der Waals surface area contributed by atoms with Gasteiger partial charge in [-0.3, -0.25) is 9.59 Å². The fourth-order valence-electron chi connectivity index (χ4n) is 3.17. The molecule has 1 atom stereocenters. The summed E-state index contributed by atoms with van der Waals surface area (Å²) in [4.78, 5) is 26.5. The van der Waals surface area contributed by atoms with Crippen LogP contribution in [0.5, 0.6) is 17.2 Å². The van der Waals surface area contributed by atoms with Gasteiger partial charge in [0.1, 0.15) is 0 Å². The Bertz CT molecular complexity index is 925. The van der Waals surface area contributed by atoms with Crippen molar-refractivity contribution in [2.45, 2.75) is 6.42 Å². The van der Waals surface area contributed by atoms with Gasteiger partial charge in [-0.1, -0.05) is 0 Å². The molecule has 0 unspecified atom stereocenters. The molecule has 154 valence electrons. The number of anilines is 2. The molecule has 0 bridgehead atoms. The van der Waals surface area contributed by atoms with Crippen molar-refractivity contribution in [2.75, 3.05) is 38.1 Å². The number of nitrogens with zero attached hydrogens (tertiary/aromatic N) is 1. The van der Waals surface area contributed by atoms with Crippen molar-refractivity contribution in [3.63, 3.8) is 0 Å². The summed E-state index contributed by atoms with van der Waals surface area (Å²) >= 11 is 0. The summed E-state index contributed by atoms with van der Waals surface area (Å²) < 4.78 is 42.2. The predicted octanol–water partition coefficient (Wildman–Crippen LogP) is 2.98. The zero-order chi connectivity index (χ0) is 21.1. The standard InChI is InChI=1S/C20H20F2N2O5/c1-27-16-8-13(9-17(28-2)19(16)29-3)24-10-11(6-18(24)25)20(26)23-12-4-5-14(21)15(22)7-12/h4-5,7-9,11H,6,10H2,1-3H3,(H,23,26)/t11-/m0/s1. The van der Waals surface area contributed by atoms with Crippen molar-refractivity contribution in [2.24, 2.45) is 5.92 Å². The Balaban J connectivity index is 1.79. The maximum atomic E-state index is 13.3. The van der Waals surface area contributed by atoms with Crippen LogP contribution < -0.4 is 24.4 Å². The van der Waals surface area contributed by atoms with Crippen molar-refractivity contribution in [1.82, 2.24) is 0 Å². The number of benzene rings is 2. The summed E-state index contributed by atoms with van der Waals surface area (Å²) in [5, 5.41) is 2.51. The lowest BCUT2D eigenvalue weighted by Gasteiger charge is -2.20. The first-order valence-corrected chi connectivity index (χ1v) is 8.74. The third-order valence-electron chi connectivity index (χ3n) is 4.64. The number of amides is 2. The summed E-state index contributed by atoms with van der Waals surface area (Å²) in [5.41, 5.74) is 0.611. The number of carbonyl (C=O) groups is 2. The Hall–Kier alpha value is -3.36. The molecule has 2 aromatic rings. The third-order valence-corrected chi connectivity index (χ3v) is 4.64. The van der Waals surface area contributed by atoms with Crippen molar-refractivity contribution in [3.05, 3.63) is 42.0 Å². The normalized spacial score (nSPS) is 16.0. The number of hydrogen-bond acceptors (Lipinski definition) is 5. The van der Waals surface area contributed by atoms with Gasteiger partial charge in [-0.25, -0.2) is 8.78 Å². The van der Waals surface area contributed by atoms with Gasteiger partial charge in [0.25, 0.3) is 0 Å². The van der Waals surface area contributed by atoms with E-state index in [9.17, 15) is 18.4 Å². The monoisotopic (exact) mass is 406 g/mol. The highest BCUT2D eigenvalue weighted by atomic mass is 19.2. The quantitative estimate of drug-likeness (QED) is 0.798. The van der Waals surface area contributed by atoms with Gasteiger partial charge >= 0.3 is 0 Å². The van der Waals surface area contributed by atoms with E-state index >= 15 is 0 Å². The molecule has 0 radical (unpaired) electrons. The van der Waals surface area contributed by atoms with Crippen LogP contribution in [0.1, 0.15) is 6.42 Å². The molecule has 0 aromatic heterocycles. The van der Waals surface area contributed by atoms with Crippen LogP contribution in [-0.2, 0) is 9.59 Å². The van der Waals surface area contributed by atoms with Crippen LogP contribution >= 0.6 is 0 Å². The third kappa shape index (κ3) is 4.08. The van der Waals surface area contributed by atoms with E-state index in [2.05, 4.69) is 5.32 Å². The molecule has 1 aliphatic rings. The number of halogens is 2. The number of nitrogens with one attached hydrogen (secondary N) is 1. The number of hydrogen-bond donors (Lipinski definition) is 1. The fourth-order valence-corrected chi connectivity index (χ4v) is 3.17. The number of ether oxygens (including phenoxy) is 3. The fraction of sp³-hybridized carbons (Fsp3) is 0.300. The van der Waals surface area contributed by atoms with Crippen LogP contribution in [0.2, 0.25) is 0 Å². The van der Waals surface area contributed by atoms with Crippen LogP contribution in [0.4, 0.5) is 20.2 Å². The summed E-state index contributed by atoms with van der Waals surface area (Å²) in [6, 6.07) is 6.31. The molecule has 0 saturated carbocycles. The Morgan fingerprint density at radius 1 is 1.03 bits per heavy atom. The van der Waals surface area contributed by atoms with Crippen molar-refractivity contribution >= 4 is 23.2 Å².